The van der Waals surface area contributed by atoms with Gasteiger partial charge in [-0.1, -0.05) is 0 Å². The Balaban J connectivity index is 5.17. The number of carbonyl (C=O) groups excluding carboxylic acids is 2. The van der Waals surface area contributed by atoms with Crippen molar-refractivity contribution in [3.05, 3.63) is 0 Å². The second-order valence-electron chi connectivity index (χ2n) is 7.08. The van der Waals surface area contributed by atoms with Crippen LogP contribution < -0.4 is 5.32 Å². The minimum atomic E-state index is -1.34. The lowest BCUT2D eigenvalue weighted by Gasteiger charge is -2.34. The summed E-state index contributed by atoms with van der Waals surface area (Å²) in [6.45, 7) is 0.694. The smallest absolute Gasteiger partial charge is 0.305 e. The molecule has 0 aromatic heterocycles. The van der Waals surface area contributed by atoms with Crippen molar-refractivity contribution in [2.24, 2.45) is 0 Å². The second kappa shape index (κ2) is 17.7. The molecule has 4 N–H and O–H groups in total. The molecule has 0 aliphatic carbocycles. The molecule has 0 atom stereocenters. The number of ether oxygens (including phenoxy) is 4. The van der Waals surface area contributed by atoms with Crippen molar-refractivity contribution >= 4 is 29.8 Å². The van der Waals surface area contributed by atoms with E-state index < -0.39 is 35.3 Å². The molecule has 0 bridgehead atoms. The van der Waals surface area contributed by atoms with Gasteiger partial charge in [-0.3, -0.25) is 24.0 Å². The standard InChI is InChI=1S/C20H33NO12/c1-2-33-19(29)5-3-4-15(22)21-20(12-30-9-6-16(23)24,13-31-10-7-17(25)26)14-32-11-8-18(27)28/h2-14H2,1H3,(H,21,22)(H,23,24)(H,25,26)(H,27,28). The third kappa shape index (κ3) is 17.5. The van der Waals surface area contributed by atoms with Crippen LogP contribution in [-0.2, 0) is 42.9 Å². The van der Waals surface area contributed by atoms with Crippen LogP contribution in [0.15, 0.2) is 0 Å². The lowest BCUT2D eigenvalue weighted by molar-refractivity contribution is -0.144. The summed E-state index contributed by atoms with van der Waals surface area (Å²) in [5.41, 5.74) is -1.34. The summed E-state index contributed by atoms with van der Waals surface area (Å²) in [6.07, 6.45) is -0.663. The molecule has 0 saturated carbocycles. The van der Waals surface area contributed by atoms with Crippen molar-refractivity contribution in [2.75, 3.05) is 46.2 Å². The summed E-state index contributed by atoms with van der Waals surface area (Å²) in [4.78, 5) is 56.1. The lowest BCUT2D eigenvalue weighted by atomic mass is 10.0. The Hall–Kier alpha value is -2.77. The number of aliphatic carboxylic acids is 3. The molecule has 0 radical (unpaired) electrons. The van der Waals surface area contributed by atoms with E-state index in [1.165, 1.54) is 0 Å². The van der Waals surface area contributed by atoms with E-state index in [1.54, 1.807) is 6.92 Å². The molecule has 0 spiro atoms. The van der Waals surface area contributed by atoms with Gasteiger partial charge >= 0.3 is 23.9 Å². The second-order valence-corrected chi connectivity index (χ2v) is 7.08. The minimum Gasteiger partial charge on any atom is -0.481 e. The normalized spacial score (nSPS) is 11.1. The van der Waals surface area contributed by atoms with Crippen molar-refractivity contribution in [1.29, 1.82) is 0 Å². The van der Waals surface area contributed by atoms with Gasteiger partial charge in [0.15, 0.2) is 0 Å². The van der Waals surface area contributed by atoms with Gasteiger partial charge in [0.2, 0.25) is 5.91 Å². The topological polar surface area (TPSA) is 195 Å². The van der Waals surface area contributed by atoms with Crippen molar-refractivity contribution in [3.8, 4) is 0 Å². The fraction of sp³-hybridized carbons (Fsp3) is 0.750. The maximum Gasteiger partial charge on any atom is 0.305 e. The zero-order valence-electron chi connectivity index (χ0n) is 18.7. The Morgan fingerprint density at radius 2 is 1.12 bits per heavy atom. The summed E-state index contributed by atoms with van der Waals surface area (Å²) in [5.74, 6) is -4.18. The van der Waals surface area contributed by atoms with Crippen LogP contribution in [-0.4, -0.2) is 96.9 Å². The molecule has 13 nitrogen and oxygen atoms in total. The van der Waals surface area contributed by atoms with Gasteiger partial charge in [0.1, 0.15) is 5.54 Å². The van der Waals surface area contributed by atoms with E-state index in [1.807, 2.05) is 0 Å². The highest BCUT2D eigenvalue weighted by molar-refractivity contribution is 5.78. The van der Waals surface area contributed by atoms with Gasteiger partial charge in [0.05, 0.1) is 65.5 Å². The van der Waals surface area contributed by atoms with Gasteiger partial charge in [0, 0.05) is 12.8 Å². The van der Waals surface area contributed by atoms with Crippen LogP contribution in [0, 0.1) is 0 Å². The van der Waals surface area contributed by atoms with E-state index >= 15 is 0 Å². The average Bonchev–Trinajstić information content (AvgIpc) is 2.71. The fourth-order valence-corrected chi connectivity index (χ4v) is 2.50. The quantitative estimate of drug-likeness (QED) is 0.128. The molecule has 0 aromatic rings. The van der Waals surface area contributed by atoms with E-state index in [0.29, 0.717) is 0 Å². The first-order valence-corrected chi connectivity index (χ1v) is 10.5. The molecule has 0 aromatic carbocycles. The Bertz CT molecular complexity index is 581. The van der Waals surface area contributed by atoms with Crippen LogP contribution in [0.25, 0.3) is 0 Å². The lowest BCUT2D eigenvalue weighted by Crippen LogP contribution is -2.58. The van der Waals surface area contributed by atoms with Crippen LogP contribution >= 0.6 is 0 Å². The van der Waals surface area contributed by atoms with E-state index in [2.05, 4.69) is 5.32 Å². The molecule has 0 aliphatic rings. The summed E-state index contributed by atoms with van der Waals surface area (Å²) in [7, 11) is 0. The fourth-order valence-electron chi connectivity index (χ4n) is 2.50. The molecule has 0 saturated heterocycles. The van der Waals surface area contributed by atoms with Gasteiger partial charge < -0.3 is 39.6 Å². The molecule has 0 heterocycles. The molecule has 0 rings (SSSR count). The highest BCUT2D eigenvalue weighted by Crippen LogP contribution is 2.12. The molecule has 190 valence electrons. The van der Waals surface area contributed by atoms with Crippen molar-refractivity contribution < 1.29 is 58.2 Å². The molecule has 0 unspecified atom stereocenters. The highest BCUT2D eigenvalue weighted by atomic mass is 16.5. The van der Waals surface area contributed by atoms with E-state index in [-0.39, 0.29) is 84.8 Å². The predicted molar refractivity (Wildman–Crippen MR) is 111 cm³/mol. The SMILES string of the molecule is CCOC(=O)CCCC(=O)NC(COCCC(=O)O)(COCCC(=O)O)COCCC(=O)O. The molecule has 0 fully saturated rings. The van der Waals surface area contributed by atoms with Crippen LogP contribution in [0.5, 0.6) is 0 Å². The van der Waals surface area contributed by atoms with Gasteiger partial charge in [-0.25, -0.2) is 0 Å². The van der Waals surface area contributed by atoms with Gasteiger partial charge in [-0.15, -0.1) is 0 Å². The van der Waals surface area contributed by atoms with Crippen LogP contribution in [0.3, 0.4) is 0 Å². The van der Waals surface area contributed by atoms with Crippen LogP contribution in [0.2, 0.25) is 0 Å². The minimum absolute atomic E-state index is 0.0353. The van der Waals surface area contributed by atoms with Crippen LogP contribution in [0.1, 0.15) is 45.4 Å². The summed E-state index contributed by atoms with van der Waals surface area (Å²) >= 11 is 0. The Kier molecular flexibility index (Phi) is 16.3. The van der Waals surface area contributed by atoms with Gasteiger partial charge in [-0.2, -0.15) is 0 Å². The molecular formula is C20H33NO12. The van der Waals surface area contributed by atoms with E-state index in [4.69, 9.17) is 34.3 Å². The molecular weight excluding hydrogens is 446 g/mol. The first-order valence-electron chi connectivity index (χ1n) is 10.5. The third-order valence-corrected chi connectivity index (χ3v) is 4.01. The third-order valence-electron chi connectivity index (χ3n) is 4.01. The summed E-state index contributed by atoms with van der Waals surface area (Å²) in [5, 5.41) is 29.0. The Morgan fingerprint density at radius 3 is 1.48 bits per heavy atom. The number of carboxylic acid groups (broad SMARTS) is 3. The molecule has 13 heteroatoms. The van der Waals surface area contributed by atoms with Crippen LogP contribution in [0.4, 0.5) is 0 Å². The Labute approximate surface area is 191 Å². The van der Waals surface area contributed by atoms with E-state index in [9.17, 15) is 24.0 Å². The Morgan fingerprint density at radius 1 is 0.697 bits per heavy atom. The van der Waals surface area contributed by atoms with E-state index in [0.717, 1.165) is 0 Å². The summed E-state index contributed by atoms with van der Waals surface area (Å²) in [6, 6.07) is 0. The number of nitrogens with one attached hydrogen (secondary N) is 1. The monoisotopic (exact) mass is 479 g/mol. The first kappa shape index (κ1) is 30.2. The number of esters is 1. The van der Waals surface area contributed by atoms with Gasteiger partial charge in [-0.05, 0) is 13.3 Å². The average molecular weight is 479 g/mol. The van der Waals surface area contributed by atoms with Crippen molar-refractivity contribution in [2.45, 2.75) is 51.0 Å². The maximum atomic E-state index is 12.5. The molecule has 0 aliphatic heterocycles. The number of hydrogen-bond acceptors (Lipinski definition) is 9. The van der Waals surface area contributed by atoms with Crippen molar-refractivity contribution in [3.63, 3.8) is 0 Å². The predicted octanol–water partition coefficient (Wildman–Crippen LogP) is 0.0487. The number of hydrogen-bond donors (Lipinski definition) is 4. The zero-order chi connectivity index (χ0) is 25.1. The largest absolute Gasteiger partial charge is 0.481 e. The first-order chi connectivity index (χ1) is 15.6. The number of carbonyl (C=O) groups is 5. The van der Waals surface area contributed by atoms with Gasteiger partial charge in [0.25, 0.3) is 0 Å². The number of rotatable bonds is 21. The van der Waals surface area contributed by atoms with Crippen molar-refractivity contribution in [1.82, 2.24) is 5.32 Å². The maximum absolute atomic E-state index is 12.5. The summed E-state index contributed by atoms with van der Waals surface area (Å²) < 4.78 is 20.9. The zero-order valence-corrected chi connectivity index (χ0v) is 18.7. The number of carboxylic acids is 3. The number of amides is 1. The molecule has 33 heavy (non-hydrogen) atoms. The highest BCUT2D eigenvalue weighted by Gasteiger charge is 2.34. The molecule has 1 amide bonds.